The van der Waals surface area contributed by atoms with Gasteiger partial charge in [-0.25, -0.2) is 0 Å². The lowest BCUT2D eigenvalue weighted by Crippen LogP contribution is -2.47. The van der Waals surface area contributed by atoms with E-state index in [2.05, 4.69) is 43.9 Å². The van der Waals surface area contributed by atoms with Gasteiger partial charge in [-0.05, 0) is 41.4 Å². The Balaban J connectivity index is 1.96. The third kappa shape index (κ3) is 2.18. The lowest BCUT2D eigenvalue weighted by atomic mass is 9.79. The van der Waals surface area contributed by atoms with Crippen molar-refractivity contribution < 1.29 is 4.79 Å². The van der Waals surface area contributed by atoms with Crippen LogP contribution in [0.15, 0.2) is 18.2 Å². The van der Waals surface area contributed by atoms with Crippen molar-refractivity contribution in [2.45, 2.75) is 64.5 Å². The molecular weight excluding hydrogens is 234 g/mol. The quantitative estimate of drug-likeness (QED) is 0.755. The number of rotatable bonds is 1. The fourth-order valence-electron chi connectivity index (χ4n) is 3.25. The van der Waals surface area contributed by atoms with Gasteiger partial charge in [0.15, 0.2) is 0 Å². The first kappa shape index (κ1) is 12.7. The van der Waals surface area contributed by atoms with Crippen LogP contribution in [0, 0.1) is 0 Å². The summed E-state index contributed by atoms with van der Waals surface area (Å²) in [4.78, 5) is 14.5. The predicted octanol–water partition coefficient (Wildman–Crippen LogP) is 3.42. The highest BCUT2D eigenvalue weighted by Gasteiger charge is 2.34. The van der Waals surface area contributed by atoms with E-state index >= 15 is 0 Å². The van der Waals surface area contributed by atoms with Crippen molar-refractivity contribution in [1.82, 2.24) is 4.90 Å². The Hall–Kier alpha value is -1.31. The maximum Gasteiger partial charge on any atom is 0.227 e. The monoisotopic (exact) mass is 257 g/mol. The first-order valence-electron chi connectivity index (χ1n) is 7.37. The molecular formula is C17H23NO. The van der Waals surface area contributed by atoms with Gasteiger partial charge in [-0.1, -0.05) is 39.0 Å². The highest BCUT2D eigenvalue weighted by molar-refractivity contribution is 5.82. The first-order chi connectivity index (χ1) is 8.97. The molecule has 0 spiro atoms. The molecule has 0 aromatic heterocycles. The minimum absolute atomic E-state index is 0.115. The largest absolute Gasteiger partial charge is 0.335 e. The molecule has 1 fully saturated rings. The topological polar surface area (TPSA) is 20.3 Å². The summed E-state index contributed by atoms with van der Waals surface area (Å²) < 4.78 is 0. The predicted molar refractivity (Wildman–Crippen MR) is 77.0 cm³/mol. The van der Waals surface area contributed by atoms with Crippen LogP contribution in [0.4, 0.5) is 0 Å². The molecule has 102 valence electrons. The molecule has 0 bridgehead atoms. The smallest absolute Gasteiger partial charge is 0.227 e. The molecule has 1 aromatic rings. The Kier molecular flexibility index (Phi) is 2.92. The van der Waals surface area contributed by atoms with E-state index in [-0.39, 0.29) is 5.41 Å². The van der Waals surface area contributed by atoms with Crippen molar-refractivity contribution in [2.24, 2.45) is 0 Å². The van der Waals surface area contributed by atoms with E-state index < -0.39 is 0 Å². The van der Waals surface area contributed by atoms with Gasteiger partial charge in [-0.15, -0.1) is 0 Å². The standard InChI is InChI=1S/C17H23NO/c1-17(2,3)15-9-4-6-12-11-18(13-7-5-8-13)16(19)10-14(12)15/h4,6,9,13H,5,7-8,10-11H2,1-3H3. The van der Waals surface area contributed by atoms with Crippen molar-refractivity contribution in [1.29, 1.82) is 0 Å². The van der Waals surface area contributed by atoms with Gasteiger partial charge >= 0.3 is 0 Å². The zero-order valence-corrected chi connectivity index (χ0v) is 12.2. The second-order valence-corrected chi connectivity index (χ2v) is 6.98. The minimum Gasteiger partial charge on any atom is -0.335 e. The number of benzene rings is 1. The molecule has 1 amide bonds. The average Bonchev–Trinajstić information content (AvgIpc) is 2.25. The van der Waals surface area contributed by atoms with Crippen LogP contribution in [0.5, 0.6) is 0 Å². The van der Waals surface area contributed by atoms with Gasteiger partial charge in [-0.3, -0.25) is 4.79 Å². The van der Waals surface area contributed by atoms with Gasteiger partial charge in [-0.2, -0.15) is 0 Å². The fraction of sp³-hybridized carbons (Fsp3) is 0.588. The lowest BCUT2D eigenvalue weighted by molar-refractivity contribution is -0.136. The molecule has 2 heteroatoms. The van der Waals surface area contributed by atoms with Gasteiger partial charge < -0.3 is 4.90 Å². The number of carbonyl (C=O) groups excluding carboxylic acids is 1. The number of nitrogens with zero attached hydrogens (tertiary/aromatic N) is 1. The number of hydrogen-bond acceptors (Lipinski definition) is 1. The summed E-state index contributed by atoms with van der Waals surface area (Å²) in [6, 6.07) is 7.04. The van der Waals surface area contributed by atoms with Crippen molar-refractivity contribution in [3.05, 3.63) is 34.9 Å². The Bertz CT molecular complexity index is 508. The summed E-state index contributed by atoms with van der Waals surface area (Å²) in [5.74, 6) is 0.328. The van der Waals surface area contributed by atoms with Gasteiger partial charge in [0.05, 0.1) is 6.42 Å². The molecule has 0 unspecified atom stereocenters. The fourth-order valence-corrected chi connectivity index (χ4v) is 3.25. The molecule has 1 aromatic carbocycles. The third-order valence-electron chi connectivity index (χ3n) is 4.59. The molecule has 1 saturated carbocycles. The minimum atomic E-state index is 0.115. The summed E-state index contributed by atoms with van der Waals surface area (Å²) >= 11 is 0. The SMILES string of the molecule is CC(C)(C)c1cccc2c1CC(=O)N(C1CCC1)C2. The Labute approximate surface area is 115 Å². The molecule has 0 radical (unpaired) electrons. The van der Waals surface area contributed by atoms with Crippen molar-refractivity contribution >= 4 is 5.91 Å². The average molecular weight is 257 g/mol. The lowest BCUT2D eigenvalue weighted by Gasteiger charge is -2.41. The van der Waals surface area contributed by atoms with Gasteiger partial charge in [0, 0.05) is 12.6 Å². The molecule has 2 nitrogen and oxygen atoms in total. The van der Waals surface area contributed by atoms with Crippen molar-refractivity contribution in [3.8, 4) is 0 Å². The van der Waals surface area contributed by atoms with Crippen LogP contribution < -0.4 is 0 Å². The van der Waals surface area contributed by atoms with Crippen molar-refractivity contribution in [3.63, 3.8) is 0 Å². The van der Waals surface area contributed by atoms with E-state index in [1.54, 1.807) is 0 Å². The van der Waals surface area contributed by atoms with Gasteiger partial charge in [0.1, 0.15) is 0 Å². The van der Waals surface area contributed by atoms with E-state index in [1.165, 1.54) is 36.0 Å². The van der Waals surface area contributed by atoms with E-state index in [0.29, 0.717) is 18.4 Å². The van der Waals surface area contributed by atoms with Gasteiger partial charge in [0.25, 0.3) is 0 Å². The molecule has 1 aliphatic heterocycles. The normalized spacial score (nSPS) is 20.2. The van der Waals surface area contributed by atoms with Crippen LogP contribution in [-0.4, -0.2) is 16.8 Å². The Morgan fingerprint density at radius 3 is 2.53 bits per heavy atom. The molecule has 0 saturated heterocycles. The number of amides is 1. The van der Waals surface area contributed by atoms with E-state index in [0.717, 1.165) is 6.54 Å². The first-order valence-corrected chi connectivity index (χ1v) is 7.37. The zero-order valence-electron chi connectivity index (χ0n) is 12.2. The molecule has 0 N–H and O–H groups in total. The number of carbonyl (C=O) groups is 1. The van der Waals surface area contributed by atoms with Crippen LogP contribution in [0.25, 0.3) is 0 Å². The Morgan fingerprint density at radius 2 is 1.95 bits per heavy atom. The molecule has 3 rings (SSSR count). The molecule has 1 aliphatic carbocycles. The number of fused-ring (bicyclic) bond motifs is 1. The summed E-state index contributed by atoms with van der Waals surface area (Å²) in [7, 11) is 0. The molecule has 1 heterocycles. The molecule has 19 heavy (non-hydrogen) atoms. The van der Waals surface area contributed by atoms with E-state index in [9.17, 15) is 4.79 Å². The van der Waals surface area contributed by atoms with Crippen LogP contribution in [0.1, 0.15) is 56.7 Å². The molecule has 0 atom stereocenters. The zero-order chi connectivity index (χ0) is 13.6. The highest BCUT2D eigenvalue weighted by atomic mass is 16.2. The third-order valence-corrected chi connectivity index (χ3v) is 4.59. The van der Waals surface area contributed by atoms with Crippen LogP contribution in [0.3, 0.4) is 0 Å². The maximum absolute atomic E-state index is 12.4. The second kappa shape index (κ2) is 4.36. The highest BCUT2D eigenvalue weighted by Crippen LogP contribution is 2.35. The summed E-state index contributed by atoms with van der Waals surface area (Å²) in [6.45, 7) is 7.50. The summed E-state index contributed by atoms with van der Waals surface area (Å²) in [6.07, 6.45) is 4.27. The van der Waals surface area contributed by atoms with Gasteiger partial charge in [0.2, 0.25) is 5.91 Å². The van der Waals surface area contributed by atoms with Crippen LogP contribution >= 0.6 is 0 Å². The number of hydrogen-bond donors (Lipinski definition) is 0. The summed E-state index contributed by atoms with van der Waals surface area (Å²) in [5, 5.41) is 0. The second-order valence-electron chi connectivity index (χ2n) is 6.98. The van der Waals surface area contributed by atoms with Crippen LogP contribution in [0.2, 0.25) is 0 Å². The summed E-state index contributed by atoms with van der Waals surface area (Å²) in [5.41, 5.74) is 4.10. The van der Waals surface area contributed by atoms with E-state index in [1.807, 2.05) is 0 Å². The van der Waals surface area contributed by atoms with E-state index in [4.69, 9.17) is 0 Å². The Morgan fingerprint density at radius 1 is 1.21 bits per heavy atom. The van der Waals surface area contributed by atoms with Crippen LogP contribution in [-0.2, 0) is 23.2 Å². The van der Waals surface area contributed by atoms with Crippen molar-refractivity contribution in [2.75, 3.05) is 0 Å². The molecule has 2 aliphatic rings. The maximum atomic E-state index is 12.4.